The molecule has 0 aliphatic rings. The summed E-state index contributed by atoms with van der Waals surface area (Å²) in [4.78, 5) is -0.565. The Labute approximate surface area is 111 Å². The summed E-state index contributed by atoms with van der Waals surface area (Å²) in [5.74, 6) is 1.18. The van der Waals surface area contributed by atoms with Crippen LogP contribution in [0.2, 0.25) is 5.02 Å². The monoisotopic (exact) mass is 290 g/mol. The van der Waals surface area contributed by atoms with Gasteiger partial charge in [0.15, 0.2) is 5.82 Å². The van der Waals surface area contributed by atoms with Crippen LogP contribution in [0.5, 0.6) is 0 Å². The van der Waals surface area contributed by atoms with Gasteiger partial charge in [0, 0.05) is 12.2 Å². The number of terminal acetylenes is 1. The average Bonchev–Trinajstić information content (AvgIpc) is 2.30. The number of anilines is 1. The van der Waals surface area contributed by atoms with Crippen LogP contribution in [0.4, 0.5) is 10.1 Å². The van der Waals surface area contributed by atoms with E-state index in [0.717, 1.165) is 16.4 Å². The fourth-order valence-corrected chi connectivity index (χ4v) is 3.15. The van der Waals surface area contributed by atoms with Crippen molar-refractivity contribution in [2.75, 3.05) is 18.8 Å². The lowest BCUT2D eigenvalue weighted by Gasteiger charge is -2.18. The van der Waals surface area contributed by atoms with Crippen molar-refractivity contribution in [1.82, 2.24) is 4.31 Å². The van der Waals surface area contributed by atoms with Gasteiger partial charge in [-0.05, 0) is 12.1 Å². The van der Waals surface area contributed by atoms with E-state index in [1.165, 1.54) is 0 Å². The fourth-order valence-electron chi connectivity index (χ4n) is 1.38. The molecule has 7 heteroatoms. The second kappa shape index (κ2) is 5.57. The van der Waals surface area contributed by atoms with Gasteiger partial charge < -0.3 is 5.73 Å². The summed E-state index contributed by atoms with van der Waals surface area (Å²) in [5.41, 5.74) is 5.53. The average molecular weight is 291 g/mol. The predicted molar refractivity (Wildman–Crippen MR) is 69.1 cm³/mol. The first-order valence-corrected chi connectivity index (χ1v) is 6.84. The Hall–Kier alpha value is -1.29. The summed E-state index contributed by atoms with van der Waals surface area (Å²) >= 11 is 5.57. The molecule has 98 valence electrons. The first-order chi connectivity index (χ1) is 8.34. The van der Waals surface area contributed by atoms with E-state index in [1.807, 2.05) is 0 Å². The number of benzene rings is 1. The van der Waals surface area contributed by atoms with Crippen molar-refractivity contribution in [2.24, 2.45) is 0 Å². The van der Waals surface area contributed by atoms with Crippen LogP contribution >= 0.6 is 11.6 Å². The molecule has 1 rings (SSSR count). The minimum atomic E-state index is -4.04. The fraction of sp³-hybridized carbons (Fsp3) is 0.273. The zero-order valence-electron chi connectivity index (χ0n) is 9.65. The summed E-state index contributed by atoms with van der Waals surface area (Å²) < 4.78 is 39.0. The Balaban J connectivity index is 3.41. The van der Waals surface area contributed by atoms with Gasteiger partial charge in [-0.2, -0.15) is 4.31 Å². The normalized spacial score (nSPS) is 11.5. The Morgan fingerprint density at radius 1 is 1.56 bits per heavy atom. The Kier molecular flexibility index (Phi) is 4.57. The maximum atomic E-state index is 13.8. The first-order valence-electron chi connectivity index (χ1n) is 5.02. The van der Waals surface area contributed by atoms with Gasteiger partial charge in [-0.25, -0.2) is 12.8 Å². The van der Waals surface area contributed by atoms with Gasteiger partial charge in [-0.15, -0.1) is 6.42 Å². The smallest absolute Gasteiger partial charge is 0.246 e. The summed E-state index contributed by atoms with van der Waals surface area (Å²) in [6.07, 6.45) is 5.08. The molecule has 0 atom stereocenters. The standard InChI is InChI=1S/C11H12ClFN2O2S/c1-3-5-15(4-2)18(16,17)10-7-8(14)6-9(12)11(10)13/h1,6-7H,4-5,14H2,2H3. The number of hydrogen-bond acceptors (Lipinski definition) is 3. The van der Waals surface area contributed by atoms with Gasteiger partial charge in [0.05, 0.1) is 11.6 Å². The highest BCUT2D eigenvalue weighted by Crippen LogP contribution is 2.27. The third-order valence-electron chi connectivity index (χ3n) is 2.26. The second-order valence-corrected chi connectivity index (χ2v) is 5.76. The third-order valence-corrected chi connectivity index (χ3v) is 4.45. The summed E-state index contributed by atoms with van der Waals surface area (Å²) in [6.45, 7) is 1.57. The molecule has 1 aromatic carbocycles. The zero-order valence-corrected chi connectivity index (χ0v) is 11.2. The third kappa shape index (κ3) is 2.75. The lowest BCUT2D eigenvalue weighted by Crippen LogP contribution is -2.32. The molecule has 2 N–H and O–H groups in total. The number of sulfonamides is 1. The van der Waals surface area contributed by atoms with Gasteiger partial charge in [-0.1, -0.05) is 24.4 Å². The largest absolute Gasteiger partial charge is 0.399 e. The van der Waals surface area contributed by atoms with E-state index in [2.05, 4.69) is 5.92 Å². The lowest BCUT2D eigenvalue weighted by atomic mass is 10.3. The van der Waals surface area contributed by atoms with Gasteiger partial charge in [0.25, 0.3) is 0 Å². The number of nitrogens with zero attached hydrogens (tertiary/aromatic N) is 1. The van der Waals surface area contributed by atoms with Crippen LogP contribution in [0.15, 0.2) is 17.0 Å². The molecule has 0 spiro atoms. The van der Waals surface area contributed by atoms with E-state index in [0.29, 0.717) is 0 Å². The molecule has 0 amide bonds. The van der Waals surface area contributed by atoms with Gasteiger partial charge in [0.1, 0.15) is 4.90 Å². The van der Waals surface area contributed by atoms with Gasteiger partial charge in [-0.3, -0.25) is 0 Å². The highest BCUT2D eigenvalue weighted by molar-refractivity contribution is 7.89. The van der Waals surface area contributed by atoms with Crippen molar-refractivity contribution < 1.29 is 12.8 Å². The highest BCUT2D eigenvalue weighted by atomic mass is 35.5. The van der Waals surface area contributed by atoms with E-state index in [-0.39, 0.29) is 23.8 Å². The summed E-state index contributed by atoms with van der Waals surface area (Å²) in [6, 6.07) is 2.17. The van der Waals surface area contributed by atoms with E-state index < -0.39 is 20.7 Å². The number of rotatable bonds is 4. The molecule has 1 aromatic rings. The van der Waals surface area contributed by atoms with E-state index in [4.69, 9.17) is 23.8 Å². The molecular formula is C11H12ClFN2O2S. The quantitative estimate of drug-likeness (QED) is 0.678. The maximum Gasteiger partial charge on any atom is 0.246 e. The van der Waals surface area contributed by atoms with Crippen molar-refractivity contribution in [3.05, 3.63) is 23.0 Å². The van der Waals surface area contributed by atoms with Crippen molar-refractivity contribution in [2.45, 2.75) is 11.8 Å². The number of nitrogens with two attached hydrogens (primary N) is 1. The molecule has 0 aromatic heterocycles. The van der Waals surface area contributed by atoms with Crippen LogP contribution in [-0.4, -0.2) is 25.8 Å². The SMILES string of the molecule is C#CCN(CC)S(=O)(=O)c1cc(N)cc(Cl)c1F. The molecule has 0 heterocycles. The van der Waals surface area contributed by atoms with Crippen LogP contribution < -0.4 is 5.73 Å². The minimum absolute atomic E-state index is 0.0664. The van der Waals surface area contributed by atoms with Crippen molar-refractivity contribution in [3.63, 3.8) is 0 Å². The topological polar surface area (TPSA) is 63.4 Å². The molecule has 0 radical (unpaired) electrons. The Morgan fingerprint density at radius 3 is 2.67 bits per heavy atom. The highest BCUT2D eigenvalue weighted by Gasteiger charge is 2.27. The molecule has 0 fully saturated rings. The first kappa shape index (κ1) is 14.8. The molecule has 0 saturated carbocycles. The molecule has 18 heavy (non-hydrogen) atoms. The van der Waals surface area contributed by atoms with Crippen LogP contribution in [0.3, 0.4) is 0 Å². The molecule has 0 aliphatic carbocycles. The van der Waals surface area contributed by atoms with Crippen molar-refractivity contribution in [1.29, 1.82) is 0 Å². The minimum Gasteiger partial charge on any atom is -0.399 e. The molecular weight excluding hydrogens is 279 g/mol. The van der Waals surface area contributed by atoms with Crippen molar-refractivity contribution in [3.8, 4) is 12.3 Å². The number of hydrogen-bond donors (Lipinski definition) is 1. The molecule has 0 unspecified atom stereocenters. The van der Waals surface area contributed by atoms with E-state index >= 15 is 0 Å². The molecule has 0 bridgehead atoms. The van der Waals surface area contributed by atoms with Crippen LogP contribution in [0, 0.1) is 18.2 Å². The number of nitrogen functional groups attached to an aromatic ring is 1. The van der Waals surface area contributed by atoms with Crippen LogP contribution in [-0.2, 0) is 10.0 Å². The zero-order chi connectivity index (χ0) is 13.9. The predicted octanol–water partition coefficient (Wildman–Crippen LogP) is 1.71. The van der Waals surface area contributed by atoms with Gasteiger partial charge >= 0.3 is 0 Å². The van der Waals surface area contributed by atoms with Crippen LogP contribution in [0.25, 0.3) is 0 Å². The summed E-state index contributed by atoms with van der Waals surface area (Å²) in [7, 11) is -4.04. The summed E-state index contributed by atoms with van der Waals surface area (Å²) in [5, 5.41) is -0.342. The Bertz CT molecular complexity index is 596. The lowest BCUT2D eigenvalue weighted by molar-refractivity contribution is 0.457. The van der Waals surface area contributed by atoms with Gasteiger partial charge in [0.2, 0.25) is 10.0 Å². The molecule has 4 nitrogen and oxygen atoms in total. The Morgan fingerprint density at radius 2 is 2.17 bits per heavy atom. The van der Waals surface area contributed by atoms with Crippen LogP contribution in [0.1, 0.15) is 6.92 Å². The van der Waals surface area contributed by atoms with Crippen molar-refractivity contribution >= 4 is 27.3 Å². The second-order valence-electron chi connectivity index (χ2n) is 3.45. The molecule has 0 saturated heterocycles. The molecule has 0 aliphatic heterocycles. The maximum absolute atomic E-state index is 13.8. The van der Waals surface area contributed by atoms with E-state index in [1.54, 1.807) is 6.92 Å². The van der Waals surface area contributed by atoms with E-state index in [9.17, 15) is 12.8 Å². The number of halogens is 2.